The average Bonchev–Trinajstić information content (AvgIpc) is 2.91. The van der Waals surface area contributed by atoms with E-state index in [1.807, 2.05) is 0 Å². The predicted octanol–water partition coefficient (Wildman–Crippen LogP) is 5.42. The molecule has 0 radical (unpaired) electrons. The number of thiophene rings is 1. The highest BCUT2D eigenvalue weighted by Gasteiger charge is 2.20. The minimum absolute atomic E-state index is 0.0652. The molecule has 3 aromatic rings. The normalized spacial score (nSPS) is 14.8. The van der Waals surface area contributed by atoms with Crippen LogP contribution < -0.4 is 5.73 Å². The topological polar surface area (TPSA) is 56.0 Å². The lowest BCUT2D eigenvalue weighted by Crippen LogP contribution is -2.03. The van der Waals surface area contributed by atoms with Crippen LogP contribution in [-0.4, -0.2) is 10.8 Å². The Bertz CT molecular complexity index is 946. The zero-order chi connectivity index (χ0) is 17.4. The molecular weight excluding hydrogens is 352 g/mol. The molecule has 5 heteroatoms. The van der Waals surface area contributed by atoms with E-state index >= 15 is 0 Å². The molecule has 1 aliphatic carbocycles. The van der Waals surface area contributed by atoms with Crippen molar-refractivity contribution in [3.63, 3.8) is 0 Å². The number of anilines is 1. The van der Waals surface area contributed by atoms with Gasteiger partial charge < -0.3 is 5.73 Å². The molecule has 3 nitrogen and oxygen atoms in total. The monoisotopic (exact) mass is 370 g/mol. The molecule has 4 rings (SSSR count). The molecule has 0 saturated heterocycles. The summed E-state index contributed by atoms with van der Waals surface area (Å²) in [6.07, 6.45) is 6.99. The zero-order valence-corrected chi connectivity index (χ0v) is 15.4. The Labute approximate surface area is 155 Å². The van der Waals surface area contributed by atoms with Gasteiger partial charge in [0.15, 0.2) is 0 Å². The van der Waals surface area contributed by atoms with E-state index < -0.39 is 0 Å². The minimum atomic E-state index is -0.0652. The maximum absolute atomic E-state index is 12.8. The summed E-state index contributed by atoms with van der Waals surface area (Å²) in [6.45, 7) is 0. The van der Waals surface area contributed by atoms with Gasteiger partial charge in [-0.3, -0.25) is 4.79 Å². The lowest BCUT2D eigenvalue weighted by Gasteiger charge is -2.12. The Hall–Kier alpha value is -1.91. The van der Waals surface area contributed by atoms with Gasteiger partial charge in [-0.2, -0.15) is 0 Å². The summed E-state index contributed by atoms with van der Waals surface area (Å²) < 4.78 is 0. The highest BCUT2D eigenvalue weighted by Crippen LogP contribution is 2.36. The van der Waals surface area contributed by atoms with Crippen molar-refractivity contribution in [1.82, 2.24) is 4.98 Å². The number of carbonyl (C=O) groups excluding carboxylic acids is 1. The van der Waals surface area contributed by atoms with E-state index in [1.165, 1.54) is 48.3 Å². The van der Waals surface area contributed by atoms with Gasteiger partial charge in [0.25, 0.3) is 0 Å². The van der Waals surface area contributed by atoms with Crippen LogP contribution in [0.25, 0.3) is 10.2 Å². The van der Waals surface area contributed by atoms with E-state index in [-0.39, 0.29) is 5.78 Å². The number of aryl methyl sites for hydroxylation is 2. The number of nitrogens with two attached hydrogens (primary N) is 1. The van der Waals surface area contributed by atoms with E-state index in [2.05, 4.69) is 6.07 Å². The first kappa shape index (κ1) is 16.6. The maximum atomic E-state index is 12.8. The number of hydrogen-bond donors (Lipinski definition) is 1. The van der Waals surface area contributed by atoms with Gasteiger partial charge in [0.2, 0.25) is 5.78 Å². The number of pyridine rings is 1. The predicted molar refractivity (Wildman–Crippen MR) is 105 cm³/mol. The van der Waals surface area contributed by atoms with Gasteiger partial charge in [-0.25, -0.2) is 4.98 Å². The fourth-order valence-electron chi connectivity index (χ4n) is 3.41. The number of hydrogen-bond acceptors (Lipinski definition) is 4. The standard InChI is InChI=1S/C20H19ClN2OS/c21-14-9-7-12(8-10-14)18(24)19-17(22)15-11-13-5-3-1-2-4-6-16(13)23-20(15)25-19/h7-11H,1-6,22H2. The van der Waals surface area contributed by atoms with Crippen molar-refractivity contribution in [1.29, 1.82) is 0 Å². The molecule has 0 saturated carbocycles. The second kappa shape index (κ2) is 6.77. The molecule has 0 unspecified atom stereocenters. The van der Waals surface area contributed by atoms with E-state index in [0.717, 1.165) is 23.1 Å². The third-order valence-corrected chi connectivity index (χ3v) is 6.18. The first-order valence-electron chi connectivity index (χ1n) is 8.64. The highest BCUT2D eigenvalue weighted by atomic mass is 35.5. The smallest absolute Gasteiger partial charge is 0.205 e. The number of halogens is 1. The summed E-state index contributed by atoms with van der Waals surface area (Å²) in [5.41, 5.74) is 9.96. The van der Waals surface area contributed by atoms with Crippen molar-refractivity contribution >= 4 is 44.6 Å². The van der Waals surface area contributed by atoms with Crippen LogP contribution >= 0.6 is 22.9 Å². The maximum Gasteiger partial charge on any atom is 0.205 e. The highest BCUT2D eigenvalue weighted by molar-refractivity contribution is 7.21. The Morgan fingerprint density at radius 3 is 2.56 bits per heavy atom. The van der Waals surface area contributed by atoms with Crippen LogP contribution in [0, 0.1) is 0 Å². The van der Waals surface area contributed by atoms with Gasteiger partial charge in [0.05, 0.1) is 5.69 Å². The molecule has 2 N–H and O–H groups in total. The van der Waals surface area contributed by atoms with Crippen molar-refractivity contribution in [3.05, 3.63) is 57.1 Å². The lowest BCUT2D eigenvalue weighted by molar-refractivity contribution is 0.104. The molecule has 0 atom stereocenters. The molecular formula is C20H19ClN2OS. The van der Waals surface area contributed by atoms with Gasteiger partial charge in [-0.15, -0.1) is 11.3 Å². The largest absolute Gasteiger partial charge is 0.397 e. The first-order chi connectivity index (χ1) is 12.1. The number of benzene rings is 1. The molecule has 0 bridgehead atoms. The third kappa shape index (κ3) is 3.16. The fourth-order valence-corrected chi connectivity index (χ4v) is 4.60. The molecule has 0 fully saturated rings. The van der Waals surface area contributed by atoms with Crippen LogP contribution in [0.1, 0.15) is 52.2 Å². The number of rotatable bonds is 2. The lowest BCUT2D eigenvalue weighted by atomic mass is 9.96. The average molecular weight is 371 g/mol. The van der Waals surface area contributed by atoms with Crippen LogP contribution in [0.2, 0.25) is 5.02 Å². The third-order valence-electron chi connectivity index (χ3n) is 4.81. The van der Waals surface area contributed by atoms with Crippen LogP contribution in [0.3, 0.4) is 0 Å². The molecule has 0 spiro atoms. The molecule has 0 amide bonds. The van der Waals surface area contributed by atoms with Crippen LogP contribution in [0.15, 0.2) is 30.3 Å². The molecule has 1 aliphatic rings. The van der Waals surface area contributed by atoms with Crippen LogP contribution in [0.5, 0.6) is 0 Å². The van der Waals surface area contributed by atoms with Gasteiger partial charge >= 0.3 is 0 Å². The number of nitrogen functional groups attached to an aromatic ring is 1. The number of ketones is 1. The summed E-state index contributed by atoms with van der Waals surface area (Å²) in [6, 6.07) is 9.08. The van der Waals surface area contributed by atoms with Crippen molar-refractivity contribution < 1.29 is 4.79 Å². The quantitative estimate of drug-likeness (QED) is 0.612. The summed E-state index contributed by atoms with van der Waals surface area (Å²) >= 11 is 7.31. The summed E-state index contributed by atoms with van der Waals surface area (Å²) in [5.74, 6) is -0.0652. The number of nitrogens with zero attached hydrogens (tertiary/aromatic N) is 1. The molecule has 2 heterocycles. The first-order valence-corrected chi connectivity index (χ1v) is 9.84. The zero-order valence-electron chi connectivity index (χ0n) is 13.8. The number of aromatic nitrogens is 1. The summed E-state index contributed by atoms with van der Waals surface area (Å²) in [4.78, 5) is 19.1. The SMILES string of the molecule is Nc1c(C(=O)c2ccc(Cl)cc2)sc2nc3c(cc12)CCCCCC3. The van der Waals surface area contributed by atoms with Gasteiger partial charge in [-0.05, 0) is 61.6 Å². The number of carbonyl (C=O) groups is 1. The van der Waals surface area contributed by atoms with Crippen molar-refractivity contribution in [2.45, 2.75) is 38.5 Å². The fraction of sp³-hybridized carbons (Fsp3) is 0.300. The Morgan fingerprint density at radius 1 is 1.08 bits per heavy atom. The van der Waals surface area contributed by atoms with Crippen molar-refractivity contribution in [2.75, 3.05) is 5.73 Å². The Morgan fingerprint density at radius 2 is 1.80 bits per heavy atom. The minimum Gasteiger partial charge on any atom is -0.397 e. The summed E-state index contributed by atoms with van der Waals surface area (Å²) in [7, 11) is 0. The van der Waals surface area contributed by atoms with E-state index in [9.17, 15) is 4.79 Å². The van der Waals surface area contributed by atoms with Crippen molar-refractivity contribution in [2.24, 2.45) is 0 Å². The van der Waals surface area contributed by atoms with Crippen LogP contribution in [0.4, 0.5) is 5.69 Å². The Balaban J connectivity index is 1.79. The van der Waals surface area contributed by atoms with E-state index in [1.54, 1.807) is 24.3 Å². The van der Waals surface area contributed by atoms with Gasteiger partial charge in [-0.1, -0.05) is 24.4 Å². The summed E-state index contributed by atoms with van der Waals surface area (Å²) in [5, 5.41) is 1.53. The Kier molecular flexibility index (Phi) is 4.48. The molecule has 25 heavy (non-hydrogen) atoms. The molecule has 2 aromatic heterocycles. The number of fused-ring (bicyclic) bond motifs is 2. The van der Waals surface area contributed by atoms with E-state index in [4.69, 9.17) is 22.3 Å². The molecule has 0 aliphatic heterocycles. The van der Waals surface area contributed by atoms with E-state index in [0.29, 0.717) is 21.2 Å². The molecule has 128 valence electrons. The van der Waals surface area contributed by atoms with Crippen molar-refractivity contribution in [3.8, 4) is 0 Å². The second-order valence-electron chi connectivity index (χ2n) is 6.54. The second-order valence-corrected chi connectivity index (χ2v) is 7.98. The van der Waals surface area contributed by atoms with Crippen LogP contribution in [-0.2, 0) is 12.8 Å². The van der Waals surface area contributed by atoms with Gasteiger partial charge in [0, 0.05) is 21.7 Å². The molecule has 1 aromatic carbocycles. The van der Waals surface area contributed by atoms with Gasteiger partial charge in [0.1, 0.15) is 9.71 Å².